The monoisotopic (exact) mass is 256 g/mol. The van der Waals surface area contributed by atoms with E-state index in [9.17, 15) is 13.2 Å². The Bertz CT molecular complexity index is 473. The molecule has 0 amide bonds. The molecule has 1 atom stereocenters. The summed E-state index contributed by atoms with van der Waals surface area (Å²) in [6, 6.07) is 5.11. The zero-order valence-corrected chi connectivity index (χ0v) is 9.42. The van der Waals surface area contributed by atoms with E-state index in [4.69, 9.17) is 10.00 Å². The third-order valence-electron chi connectivity index (χ3n) is 2.74. The summed E-state index contributed by atoms with van der Waals surface area (Å²) in [7, 11) is 0. The number of anilines is 1. The molecule has 6 heteroatoms. The highest BCUT2D eigenvalue weighted by Gasteiger charge is 2.34. The van der Waals surface area contributed by atoms with Gasteiger partial charge in [-0.15, -0.1) is 0 Å². The van der Waals surface area contributed by atoms with Crippen LogP contribution in [0.5, 0.6) is 0 Å². The minimum absolute atomic E-state index is 0.00278. The van der Waals surface area contributed by atoms with Crippen LogP contribution in [0, 0.1) is 11.3 Å². The second-order valence-electron chi connectivity index (χ2n) is 4.07. The fraction of sp³-hybridized carbons (Fsp3) is 0.417. The second kappa shape index (κ2) is 4.86. The van der Waals surface area contributed by atoms with Crippen molar-refractivity contribution in [2.75, 3.05) is 18.5 Å². The van der Waals surface area contributed by atoms with E-state index >= 15 is 0 Å². The highest BCUT2D eigenvalue weighted by molar-refractivity contribution is 5.56. The van der Waals surface area contributed by atoms with Crippen LogP contribution in [0.2, 0.25) is 0 Å². The lowest BCUT2D eigenvalue weighted by molar-refractivity contribution is -0.137. The molecular weight excluding hydrogens is 245 g/mol. The van der Waals surface area contributed by atoms with Crippen molar-refractivity contribution in [3.8, 4) is 6.07 Å². The van der Waals surface area contributed by atoms with E-state index in [1.165, 1.54) is 12.1 Å². The molecule has 18 heavy (non-hydrogen) atoms. The minimum atomic E-state index is -4.48. The third-order valence-corrected chi connectivity index (χ3v) is 2.74. The van der Waals surface area contributed by atoms with Crippen LogP contribution in [0.3, 0.4) is 0 Å². The number of nitrogens with zero attached hydrogens (tertiary/aromatic N) is 1. The van der Waals surface area contributed by atoms with E-state index in [1.807, 2.05) is 0 Å². The van der Waals surface area contributed by atoms with Crippen LogP contribution in [0.15, 0.2) is 18.2 Å². The number of ether oxygens (including phenoxy) is 1. The maximum atomic E-state index is 12.9. The van der Waals surface area contributed by atoms with Gasteiger partial charge in [0.1, 0.15) is 0 Å². The van der Waals surface area contributed by atoms with Crippen molar-refractivity contribution in [2.45, 2.75) is 18.6 Å². The van der Waals surface area contributed by atoms with E-state index in [0.29, 0.717) is 19.6 Å². The van der Waals surface area contributed by atoms with Crippen LogP contribution in [-0.2, 0) is 10.9 Å². The lowest BCUT2D eigenvalue weighted by Gasteiger charge is -2.18. The Morgan fingerprint density at radius 2 is 2.17 bits per heavy atom. The average molecular weight is 256 g/mol. The number of alkyl halides is 3. The number of nitrogens with one attached hydrogen (secondary N) is 1. The summed E-state index contributed by atoms with van der Waals surface area (Å²) in [6.45, 7) is 0.951. The standard InChI is InChI=1S/C12H11F3N2O/c13-12(14,15)10-5-8(6-16)1-2-11(10)17-9-3-4-18-7-9/h1-2,5,9,17H,3-4,7H2. The van der Waals surface area contributed by atoms with Crippen molar-refractivity contribution in [1.82, 2.24) is 0 Å². The minimum Gasteiger partial charge on any atom is -0.379 e. The molecule has 0 saturated carbocycles. The van der Waals surface area contributed by atoms with Gasteiger partial charge in [-0.2, -0.15) is 18.4 Å². The maximum absolute atomic E-state index is 12.9. The normalized spacial score (nSPS) is 19.6. The average Bonchev–Trinajstić information content (AvgIpc) is 2.81. The Morgan fingerprint density at radius 3 is 2.72 bits per heavy atom. The van der Waals surface area contributed by atoms with Crippen molar-refractivity contribution in [2.24, 2.45) is 0 Å². The first kappa shape index (κ1) is 12.7. The summed E-state index contributed by atoms with van der Waals surface area (Å²) in [6.07, 6.45) is -3.80. The summed E-state index contributed by atoms with van der Waals surface area (Å²) in [5.74, 6) is 0. The largest absolute Gasteiger partial charge is 0.418 e. The molecule has 1 heterocycles. The van der Waals surface area contributed by atoms with E-state index < -0.39 is 11.7 Å². The van der Waals surface area contributed by atoms with Gasteiger partial charge in [-0.3, -0.25) is 0 Å². The van der Waals surface area contributed by atoms with Crippen LogP contribution in [0.25, 0.3) is 0 Å². The second-order valence-corrected chi connectivity index (χ2v) is 4.07. The highest BCUT2D eigenvalue weighted by Crippen LogP contribution is 2.36. The molecule has 0 aliphatic carbocycles. The topological polar surface area (TPSA) is 45.0 Å². The number of hydrogen-bond acceptors (Lipinski definition) is 3. The highest BCUT2D eigenvalue weighted by atomic mass is 19.4. The van der Waals surface area contributed by atoms with E-state index in [2.05, 4.69) is 5.32 Å². The van der Waals surface area contributed by atoms with Gasteiger partial charge in [-0.1, -0.05) is 0 Å². The Morgan fingerprint density at radius 1 is 1.39 bits per heavy atom. The van der Waals surface area contributed by atoms with Gasteiger partial charge in [-0.25, -0.2) is 0 Å². The Hall–Kier alpha value is -1.74. The molecule has 0 bridgehead atoms. The molecule has 0 aromatic heterocycles. The molecule has 0 spiro atoms. The molecule has 96 valence electrons. The smallest absolute Gasteiger partial charge is 0.379 e. The number of nitriles is 1. The predicted molar refractivity (Wildman–Crippen MR) is 59.0 cm³/mol. The Balaban J connectivity index is 2.30. The molecule has 1 N–H and O–H groups in total. The van der Waals surface area contributed by atoms with Gasteiger partial charge < -0.3 is 10.1 Å². The van der Waals surface area contributed by atoms with Crippen LogP contribution in [0.1, 0.15) is 17.5 Å². The molecule has 3 nitrogen and oxygen atoms in total. The lowest BCUT2D eigenvalue weighted by Crippen LogP contribution is -2.21. The van der Waals surface area contributed by atoms with Crippen molar-refractivity contribution < 1.29 is 17.9 Å². The fourth-order valence-corrected chi connectivity index (χ4v) is 1.84. The van der Waals surface area contributed by atoms with E-state index in [1.54, 1.807) is 6.07 Å². The Kier molecular flexibility index (Phi) is 3.43. The van der Waals surface area contributed by atoms with Gasteiger partial charge in [0.2, 0.25) is 0 Å². The quantitative estimate of drug-likeness (QED) is 0.884. The SMILES string of the molecule is N#Cc1ccc(NC2CCOC2)c(C(F)(F)F)c1. The predicted octanol–water partition coefficient (Wildman–Crippen LogP) is 2.78. The van der Waals surface area contributed by atoms with Crippen molar-refractivity contribution in [1.29, 1.82) is 5.26 Å². The summed E-state index contributed by atoms with van der Waals surface area (Å²) < 4.78 is 43.7. The zero-order chi connectivity index (χ0) is 13.2. The molecule has 1 fully saturated rings. The molecule has 1 aromatic rings. The number of rotatable bonds is 2. The van der Waals surface area contributed by atoms with Crippen LogP contribution >= 0.6 is 0 Å². The maximum Gasteiger partial charge on any atom is 0.418 e. The first-order valence-corrected chi connectivity index (χ1v) is 5.46. The van der Waals surface area contributed by atoms with Crippen LogP contribution in [0.4, 0.5) is 18.9 Å². The zero-order valence-electron chi connectivity index (χ0n) is 9.42. The molecule has 1 saturated heterocycles. The molecule has 1 aromatic carbocycles. The number of hydrogen-bond donors (Lipinski definition) is 1. The molecule has 1 unspecified atom stereocenters. The van der Waals surface area contributed by atoms with Gasteiger partial charge in [-0.05, 0) is 24.6 Å². The fourth-order valence-electron chi connectivity index (χ4n) is 1.84. The molecule has 1 aliphatic heterocycles. The van der Waals surface area contributed by atoms with Crippen molar-refractivity contribution >= 4 is 5.69 Å². The summed E-state index contributed by atoms with van der Waals surface area (Å²) in [4.78, 5) is 0. The molecule has 0 radical (unpaired) electrons. The van der Waals surface area contributed by atoms with Crippen LogP contribution < -0.4 is 5.32 Å². The molecular formula is C12H11F3N2O. The van der Waals surface area contributed by atoms with Crippen molar-refractivity contribution in [3.05, 3.63) is 29.3 Å². The van der Waals surface area contributed by atoms with E-state index in [-0.39, 0.29) is 17.3 Å². The third kappa shape index (κ3) is 2.74. The molecule has 1 aliphatic rings. The van der Waals surface area contributed by atoms with Gasteiger partial charge in [0.25, 0.3) is 0 Å². The first-order chi connectivity index (χ1) is 8.50. The summed E-state index contributed by atoms with van der Waals surface area (Å²) >= 11 is 0. The summed E-state index contributed by atoms with van der Waals surface area (Å²) in [5, 5.41) is 11.5. The number of benzene rings is 1. The molecule has 2 rings (SSSR count). The van der Waals surface area contributed by atoms with Gasteiger partial charge in [0.05, 0.1) is 29.8 Å². The van der Waals surface area contributed by atoms with Gasteiger partial charge in [0.15, 0.2) is 0 Å². The van der Waals surface area contributed by atoms with E-state index in [0.717, 1.165) is 6.07 Å². The van der Waals surface area contributed by atoms with Gasteiger partial charge in [0, 0.05) is 12.3 Å². The first-order valence-electron chi connectivity index (χ1n) is 5.46. The van der Waals surface area contributed by atoms with Crippen LogP contribution in [-0.4, -0.2) is 19.3 Å². The number of halogens is 3. The van der Waals surface area contributed by atoms with Gasteiger partial charge >= 0.3 is 6.18 Å². The Labute approximate surface area is 102 Å². The van der Waals surface area contributed by atoms with Crippen molar-refractivity contribution in [3.63, 3.8) is 0 Å². The summed E-state index contributed by atoms with van der Waals surface area (Å²) in [5.41, 5.74) is -0.819. The lowest BCUT2D eigenvalue weighted by atomic mass is 10.1.